The molecular formula is C25H31N3O6S. The van der Waals surface area contributed by atoms with Crippen LogP contribution in [0.2, 0.25) is 0 Å². The van der Waals surface area contributed by atoms with Gasteiger partial charge in [-0.1, -0.05) is 0 Å². The van der Waals surface area contributed by atoms with Gasteiger partial charge in [-0.15, -0.1) is 0 Å². The summed E-state index contributed by atoms with van der Waals surface area (Å²) in [6, 6.07) is 6.64. The Morgan fingerprint density at radius 1 is 1.00 bits per heavy atom. The number of carbonyl (C=O) groups excluding carboxylic acids is 1. The monoisotopic (exact) mass is 501 g/mol. The molecule has 9 nitrogen and oxygen atoms in total. The van der Waals surface area contributed by atoms with E-state index in [9.17, 15) is 13.2 Å². The highest BCUT2D eigenvalue weighted by molar-refractivity contribution is 7.92. The van der Waals surface area contributed by atoms with Crippen LogP contribution in [0.3, 0.4) is 0 Å². The molecule has 2 saturated heterocycles. The molecule has 2 bridgehead atoms. The zero-order valence-corrected chi connectivity index (χ0v) is 21.0. The van der Waals surface area contributed by atoms with Gasteiger partial charge in [-0.2, -0.15) is 0 Å². The van der Waals surface area contributed by atoms with E-state index in [0.29, 0.717) is 28.0 Å². The second-order valence-corrected chi connectivity index (χ2v) is 12.1. The molecule has 0 spiro atoms. The molecule has 5 rings (SSSR count). The molecule has 2 aliphatic heterocycles. The van der Waals surface area contributed by atoms with Crippen molar-refractivity contribution in [3.8, 4) is 17.5 Å². The van der Waals surface area contributed by atoms with E-state index in [-0.39, 0.29) is 35.6 Å². The third kappa shape index (κ3) is 4.94. The number of hydrogen-bond acceptors (Lipinski definition) is 8. The first-order valence-electron chi connectivity index (χ1n) is 12.2. The molecule has 188 valence electrons. The first kappa shape index (κ1) is 23.8. The predicted molar refractivity (Wildman–Crippen MR) is 127 cm³/mol. The van der Waals surface area contributed by atoms with E-state index in [1.165, 1.54) is 6.33 Å². The molecule has 2 aromatic rings. The number of aromatic nitrogens is 2. The standard InChI is InChI=1S/C25H31N3O6S/c1-15(2)32-25(29)28-17-4-5-18(28)13-20(12-17)34-24-16(3)23(26-14-27-24)33-19-6-8-21(9-7-19)35(30,31)22-10-11-22/h6-9,14-15,17-18,20,22H,4-5,10-13H2,1-3H3. The van der Waals surface area contributed by atoms with E-state index in [1.54, 1.807) is 24.3 Å². The molecule has 1 amide bonds. The van der Waals surface area contributed by atoms with Gasteiger partial charge in [0.2, 0.25) is 11.8 Å². The van der Waals surface area contributed by atoms with Crippen molar-refractivity contribution in [2.75, 3.05) is 0 Å². The van der Waals surface area contributed by atoms with Crippen LogP contribution in [0.5, 0.6) is 17.5 Å². The van der Waals surface area contributed by atoms with Gasteiger partial charge in [-0.3, -0.25) is 0 Å². The van der Waals surface area contributed by atoms with Crippen molar-refractivity contribution in [3.05, 3.63) is 36.2 Å². The van der Waals surface area contributed by atoms with Gasteiger partial charge in [-0.25, -0.2) is 23.2 Å². The maximum absolute atomic E-state index is 12.5. The second kappa shape index (κ2) is 9.29. The molecule has 3 heterocycles. The topological polar surface area (TPSA) is 108 Å². The predicted octanol–water partition coefficient (Wildman–Crippen LogP) is 4.43. The molecule has 1 saturated carbocycles. The average molecular weight is 502 g/mol. The highest BCUT2D eigenvalue weighted by atomic mass is 32.2. The number of sulfone groups is 1. The van der Waals surface area contributed by atoms with Crippen LogP contribution in [-0.2, 0) is 14.6 Å². The van der Waals surface area contributed by atoms with Gasteiger partial charge in [0.05, 0.1) is 21.8 Å². The SMILES string of the molecule is Cc1c(Oc2ccc(S(=O)(=O)C3CC3)cc2)ncnc1OC1CC2CCC(C1)N2C(=O)OC(C)C. The lowest BCUT2D eigenvalue weighted by Crippen LogP contribution is -2.50. The molecule has 2 atom stereocenters. The van der Waals surface area contributed by atoms with Crippen LogP contribution in [0.25, 0.3) is 0 Å². The van der Waals surface area contributed by atoms with Crippen molar-refractivity contribution in [1.82, 2.24) is 14.9 Å². The maximum atomic E-state index is 12.5. The first-order valence-corrected chi connectivity index (χ1v) is 13.8. The largest absolute Gasteiger partial charge is 0.474 e. The molecule has 2 unspecified atom stereocenters. The van der Waals surface area contributed by atoms with Crippen molar-refractivity contribution in [2.45, 2.75) is 93.7 Å². The summed E-state index contributed by atoms with van der Waals surface area (Å²) < 4.78 is 42.4. The Morgan fingerprint density at radius 2 is 1.63 bits per heavy atom. The first-order chi connectivity index (χ1) is 16.7. The van der Waals surface area contributed by atoms with Gasteiger partial charge in [0.1, 0.15) is 18.2 Å². The molecule has 3 aliphatic rings. The van der Waals surface area contributed by atoms with Crippen LogP contribution >= 0.6 is 0 Å². The number of nitrogens with zero attached hydrogens (tertiary/aromatic N) is 3. The van der Waals surface area contributed by atoms with Crippen molar-refractivity contribution in [1.29, 1.82) is 0 Å². The lowest BCUT2D eigenvalue weighted by atomic mass is 10.0. The molecule has 0 radical (unpaired) electrons. The van der Waals surface area contributed by atoms with Crippen LogP contribution < -0.4 is 9.47 Å². The molecular weight excluding hydrogens is 470 g/mol. The number of benzene rings is 1. The van der Waals surface area contributed by atoms with Gasteiger partial charge in [0, 0.05) is 24.9 Å². The van der Waals surface area contributed by atoms with Crippen molar-refractivity contribution in [2.24, 2.45) is 0 Å². The summed E-state index contributed by atoms with van der Waals surface area (Å²) in [6.45, 7) is 5.55. The number of piperidine rings is 1. The highest BCUT2D eigenvalue weighted by Crippen LogP contribution is 2.39. The Labute approximate surface area is 205 Å². The zero-order valence-electron chi connectivity index (χ0n) is 20.2. The van der Waals surface area contributed by atoms with E-state index >= 15 is 0 Å². The normalized spacial score (nSPS) is 23.9. The lowest BCUT2D eigenvalue weighted by molar-refractivity contribution is 0.0206. The minimum Gasteiger partial charge on any atom is -0.474 e. The number of rotatable bonds is 7. The third-order valence-electron chi connectivity index (χ3n) is 6.84. The van der Waals surface area contributed by atoms with Crippen LogP contribution in [0.4, 0.5) is 4.79 Å². The van der Waals surface area contributed by atoms with Crippen molar-refractivity contribution in [3.63, 3.8) is 0 Å². The van der Waals surface area contributed by atoms with E-state index in [1.807, 2.05) is 25.7 Å². The fourth-order valence-electron chi connectivity index (χ4n) is 4.96. The van der Waals surface area contributed by atoms with Crippen LogP contribution in [-0.4, -0.2) is 58.9 Å². The summed E-state index contributed by atoms with van der Waals surface area (Å²) in [7, 11) is -3.24. The quantitative estimate of drug-likeness (QED) is 0.548. The molecule has 3 fully saturated rings. The highest BCUT2D eigenvalue weighted by Gasteiger charge is 2.45. The number of ether oxygens (including phenoxy) is 3. The van der Waals surface area contributed by atoms with Gasteiger partial charge in [-0.05, 0) is 70.7 Å². The summed E-state index contributed by atoms with van der Waals surface area (Å²) >= 11 is 0. The number of fused-ring (bicyclic) bond motifs is 2. The minimum atomic E-state index is -3.24. The minimum absolute atomic E-state index is 0.0658. The smallest absolute Gasteiger partial charge is 0.410 e. The van der Waals surface area contributed by atoms with Crippen LogP contribution in [0.15, 0.2) is 35.5 Å². The van der Waals surface area contributed by atoms with Gasteiger partial charge >= 0.3 is 6.09 Å². The fourth-order valence-corrected chi connectivity index (χ4v) is 6.62. The van der Waals surface area contributed by atoms with Crippen LogP contribution in [0, 0.1) is 6.92 Å². The average Bonchev–Trinajstić information content (AvgIpc) is 3.62. The molecule has 1 aromatic carbocycles. The Bertz CT molecular complexity index is 1180. The Hall–Kier alpha value is -2.88. The Morgan fingerprint density at radius 3 is 2.23 bits per heavy atom. The summed E-state index contributed by atoms with van der Waals surface area (Å²) in [5.74, 6) is 1.29. The second-order valence-electron chi connectivity index (χ2n) is 9.86. The third-order valence-corrected chi connectivity index (χ3v) is 9.12. The van der Waals surface area contributed by atoms with Crippen molar-refractivity contribution < 1.29 is 27.4 Å². The molecule has 1 aromatic heterocycles. The van der Waals surface area contributed by atoms with Crippen LogP contribution in [0.1, 0.15) is 57.9 Å². The summed E-state index contributed by atoms with van der Waals surface area (Å²) in [4.78, 5) is 23.3. The van der Waals surface area contributed by atoms with E-state index < -0.39 is 9.84 Å². The summed E-state index contributed by atoms with van der Waals surface area (Å²) in [5, 5.41) is -0.249. The van der Waals surface area contributed by atoms with Gasteiger partial charge in [0.15, 0.2) is 9.84 Å². The lowest BCUT2D eigenvalue weighted by Gasteiger charge is -2.38. The molecule has 0 N–H and O–H groups in total. The van der Waals surface area contributed by atoms with Gasteiger partial charge < -0.3 is 19.1 Å². The Balaban J connectivity index is 1.24. The number of amides is 1. The van der Waals surface area contributed by atoms with E-state index in [2.05, 4.69) is 9.97 Å². The maximum Gasteiger partial charge on any atom is 0.410 e. The number of hydrogen-bond donors (Lipinski definition) is 0. The fraction of sp³-hybridized carbons (Fsp3) is 0.560. The summed E-state index contributed by atoms with van der Waals surface area (Å²) in [5.41, 5.74) is 0.663. The van der Waals surface area contributed by atoms with Gasteiger partial charge in [0.25, 0.3) is 0 Å². The number of carbonyl (C=O) groups is 1. The van der Waals surface area contributed by atoms with E-state index in [4.69, 9.17) is 14.2 Å². The summed E-state index contributed by atoms with van der Waals surface area (Å²) in [6.07, 6.45) is 5.74. The van der Waals surface area contributed by atoms with E-state index in [0.717, 1.165) is 38.5 Å². The van der Waals surface area contributed by atoms with Crippen molar-refractivity contribution >= 4 is 15.9 Å². The Kier molecular flexibility index (Phi) is 6.33. The zero-order chi connectivity index (χ0) is 24.7. The molecule has 10 heteroatoms. The molecule has 1 aliphatic carbocycles. The molecule has 35 heavy (non-hydrogen) atoms.